The minimum atomic E-state index is 0.0637. The topological polar surface area (TPSA) is 47.4 Å². The number of carbonyl (C=O) groups is 1. The summed E-state index contributed by atoms with van der Waals surface area (Å²) >= 11 is 5.98. The van der Waals surface area contributed by atoms with E-state index < -0.39 is 0 Å². The van der Waals surface area contributed by atoms with Crippen LogP contribution < -0.4 is 0 Å². The summed E-state index contributed by atoms with van der Waals surface area (Å²) in [4.78, 5) is 14.9. The minimum Gasteiger partial charge on any atom is -0.377 e. The Morgan fingerprint density at radius 2 is 2.04 bits per heavy atom. The van der Waals surface area contributed by atoms with E-state index in [0.717, 1.165) is 37.1 Å². The number of halogens is 1. The highest BCUT2D eigenvalue weighted by atomic mass is 35.5. The van der Waals surface area contributed by atoms with Crippen molar-refractivity contribution in [1.29, 1.82) is 0 Å². The molecule has 1 atom stereocenters. The monoisotopic (exact) mass is 359 g/mol. The van der Waals surface area contributed by atoms with E-state index in [0.29, 0.717) is 23.9 Å². The van der Waals surface area contributed by atoms with Crippen molar-refractivity contribution in [2.24, 2.45) is 0 Å². The molecule has 0 saturated carbocycles. The van der Waals surface area contributed by atoms with Crippen LogP contribution in [0.1, 0.15) is 42.7 Å². The van der Waals surface area contributed by atoms with Gasteiger partial charge in [-0.2, -0.15) is 5.10 Å². The average Bonchev–Trinajstić information content (AvgIpc) is 3.01. The molecule has 0 radical (unpaired) electrons. The Bertz CT molecular complexity index is 767. The van der Waals surface area contributed by atoms with Crippen molar-refractivity contribution >= 4 is 17.5 Å². The van der Waals surface area contributed by atoms with Gasteiger partial charge in [-0.25, -0.2) is 0 Å². The van der Waals surface area contributed by atoms with Crippen molar-refractivity contribution in [1.82, 2.24) is 14.7 Å². The molecular formula is C19H22ClN3O2. The third kappa shape index (κ3) is 3.07. The third-order valence-corrected chi connectivity index (χ3v) is 5.31. The lowest BCUT2D eigenvalue weighted by molar-refractivity contribution is -0.0611. The lowest BCUT2D eigenvalue weighted by Crippen LogP contribution is -2.56. The van der Waals surface area contributed by atoms with Crippen LogP contribution >= 0.6 is 11.6 Å². The van der Waals surface area contributed by atoms with Gasteiger partial charge >= 0.3 is 0 Å². The molecule has 0 bridgehead atoms. The average molecular weight is 360 g/mol. The second-order valence-corrected chi connectivity index (χ2v) is 7.25. The standard InChI is InChI=1S/C19H22ClN3O2/c1-2-3-4-15-10-22(16-11-25-12-16)19(24)18-9-17(21-23(15)18)13-5-7-14(20)8-6-13/h5-9,15-16H,2-4,10-12H2,1H3. The number of hydrogen-bond donors (Lipinski definition) is 0. The summed E-state index contributed by atoms with van der Waals surface area (Å²) in [5, 5.41) is 5.46. The highest BCUT2D eigenvalue weighted by Crippen LogP contribution is 2.31. The van der Waals surface area contributed by atoms with E-state index in [2.05, 4.69) is 6.92 Å². The van der Waals surface area contributed by atoms with E-state index in [1.165, 1.54) is 0 Å². The Balaban J connectivity index is 1.69. The smallest absolute Gasteiger partial charge is 0.272 e. The van der Waals surface area contributed by atoms with Crippen LogP contribution in [0.5, 0.6) is 0 Å². The first kappa shape index (κ1) is 16.6. The summed E-state index contributed by atoms with van der Waals surface area (Å²) in [5.74, 6) is 0.0637. The van der Waals surface area contributed by atoms with Gasteiger partial charge in [-0.1, -0.05) is 43.5 Å². The largest absolute Gasteiger partial charge is 0.377 e. The van der Waals surface area contributed by atoms with Crippen molar-refractivity contribution in [3.63, 3.8) is 0 Å². The Hall–Kier alpha value is -1.85. The quantitative estimate of drug-likeness (QED) is 0.816. The zero-order valence-corrected chi connectivity index (χ0v) is 15.1. The maximum atomic E-state index is 13.0. The predicted molar refractivity (Wildman–Crippen MR) is 96.9 cm³/mol. The number of unbranched alkanes of at least 4 members (excludes halogenated alkanes) is 1. The van der Waals surface area contributed by atoms with Crippen LogP contribution in [-0.4, -0.2) is 46.4 Å². The summed E-state index contributed by atoms with van der Waals surface area (Å²) in [7, 11) is 0. The first-order valence-electron chi connectivity index (χ1n) is 8.91. The fourth-order valence-corrected chi connectivity index (χ4v) is 3.63. The summed E-state index contributed by atoms with van der Waals surface area (Å²) in [6.45, 7) is 4.20. The van der Waals surface area contributed by atoms with Gasteiger partial charge in [0.15, 0.2) is 0 Å². The normalized spacial score (nSPS) is 20.5. The maximum absolute atomic E-state index is 13.0. The van der Waals surface area contributed by atoms with Crippen molar-refractivity contribution in [3.8, 4) is 11.3 Å². The van der Waals surface area contributed by atoms with Crippen molar-refractivity contribution in [2.75, 3.05) is 19.8 Å². The number of fused-ring (bicyclic) bond motifs is 1. The fourth-order valence-electron chi connectivity index (χ4n) is 3.50. The molecule has 1 saturated heterocycles. The van der Waals surface area contributed by atoms with Gasteiger partial charge in [0.05, 0.1) is 31.0 Å². The zero-order valence-electron chi connectivity index (χ0n) is 14.3. The molecule has 0 aliphatic carbocycles. The molecule has 2 aliphatic heterocycles. The SMILES string of the molecule is CCCCC1CN(C2COC2)C(=O)c2cc(-c3ccc(Cl)cc3)nn21. The maximum Gasteiger partial charge on any atom is 0.272 e. The molecule has 2 aliphatic rings. The number of hydrogen-bond acceptors (Lipinski definition) is 3. The number of nitrogens with zero attached hydrogens (tertiary/aromatic N) is 3. The van der Waals surface area contributed by atoms with Crippen LogP contribution in [0, 0.1) is 0 Å². The van der Waals surface area contributed by atoms with Crippen LogP contribution in [0.25, 0.3) is 11.3 Å². The van der Waals surface area contributed by atoms with E-state index in [1.807, 2.05) is 39.9 Å². The molecule has 1 aromatic heterocycles. The molecular weight excluding hydrogens is 338 g/mol. The van der Waals surface area contributed by atoms with Gasteiger partial charge in [0.1, 0.15) is 5.69 Å². The van der Waals surface area contributed by atoms with Gasteiger partial charge in [-0.05, 0) is 24.6 Å². The van der Waals surface area contributed by atoms with E-state index in [9.17, 15) is 4.79 Å². The molecule has 1 amide bonds. The summed E-state index contributed by atoms with van der Waals surface area (Å²) in [5.41, 5.74) is 2.49. The van der Waals surface area contributed by atoms with Crippen LogP contribution in [0.4, 0.5) is 0 Å². The van der Waals surface area contributed by atoms with E-state index in [-0.39, 0.29) is 18.0 Å². The number of ether oxygens (including phenoxy) is 1. The molecule has 1 fully saturated rings. The molecule has 2 aromatic rings. The van der Waals surface area contributed by atoms with Gasteiger partial charge in [-0.3, -0.25) is 9.48 Å². The molecule has 3 heterocycles. The molecule has 0 spiro atoms. The first-order chi connectivity index (χ1) is 12.2. The number of rotatable bonds is 5. The van der Waals surface area contributed by atoms with Gasteiger partial charge in [0, 0.05) is 17.1 Å². The number of benzene rings is 1. The minimum absolute atomic E-state index is 0.0637. The molecule has 1 aromatic carbocycles. The van der Waals surface area contributed by atoms with Crippen LogP contribution in [0.3, 0.4) is 0 Å². The van der Waals surface area contributed by atoms with E-state index >= 15 is 0 Å². The Morgan fingerprint density at radius 1 is 1.28 bits per heavy atom. The Labute approximate surface area is 152 Å². The number of aromatic nitrogens is 2. The van der Waals surface area contributed by atoms with Crippen molar-refractivity contribution < 1.29 is 9.53 Å². The summed E-state index contributed by atoms with van der Waals surface area (Å²) in [6.07, 6.45) is 3.30. The van der Waals surface area contributed by atoms with Crippen LogP contribution in [-0.2, 0) is 4.74 Å². The predicted octanol–water partition coefficient (Wildman–Crippen LogP) is 3.79. The molecule has 1 unspecified atom stereocenters. The molecule has 4 rings (SSSR count). The van der Waals surface area contributed by atoms with Crippen molar-refractivity contribution in [3.05, 3.63) is 41.0 Å². The summed E-state index contributed by atoms with van der Waals surface area (Å²) < 4.78 is 7.24. The molecule has 6 heteroatoms. The van der Waals surface area contributed by atoms with Crippen LogP contribution in [0.15, 0.2) is 30.3 Å². The van der Waals surface area contributed by atoms with Gasteiger partial charge in [-0.15, -0.1) is 0 Å². The number of amides is 1. The lowest BCUT2D eigenvalue weighted by Gasteiger charge is -2.42. The summed E-state index contributed by atoms with van der Waals surface area (Å²) in [6, 6.07) is 9.94. The second-order valence-electron chi connectivity index (χ2n) is 6.81. The van der Waals surface area contributed by atoms with E-state index in [1.54, 1.807) is 0 Å². The highest BCUT2D eigenvalue weighted by molar-refractivity contribution is 6.30. The Morgan fingerprint density at radius 3 is 2.68 bits per heavy atom. The zero-order chi connectivity index (χ0) is 17.4. The molecule has 132 valence electrons. The van der Waals surface area contributed by atoms with E-state index in [4.69, 9.17) is 21.4 Å². The van der Waals surface area contributed by atoms with Crippen molar-refractivity contribution in [2.45, 2.75) is 38.3 Å². The lowest BCUT2D eigenvalue weighted by atomic mass is 10.0. The van der Waals surface area contributed by atoms with Gasteiger partial charge in [0.2, 0.25) is 0 Å². The fraction of sp³-hybridized carbons (Fsp3) is 0.474. The second kappa shape index (κ2) is 6.81. The molecule has 5 nitrogen and oxygen atoms in total. The first-order valence-corrected chi connectivity index (χ1v) is 9.29. The number of carbonyl (C=O) groups excluding carboxylic acids is 1. The van der Waals surface area contributed by atoms with Crippen LogP contribution in [0.2, 0.25) is 5.02 Å². The molecule has 0 N–H and O–H groups in total. The Kier molecular flexibility index (Phi) is 4.52. The highest BCUT2D eigenvalue weighted by Gasteiger charge is 2.38. The molecule has 25 heavy (non-hydrogen) atoms. The van der Waals surface area contributed by atoms with Gasteiger partial charge < -0.3 is 9.64 Å². The van der Waals surface area contributed by atoms with Gasteiger partial charge in [0.25, 0.3) is 5.91 Å². The third-order valence-electron chi connectivity index (χ3n) is 5.06.